The number of hydrogen-bond acceptors (Lipinski definition) is 4. The summed E-state index contributed by atoms with van der Waals surface area (Å²) >= 11 is 0. The zero-order valence-electron chi connectivity index (χ0n) is 16.7. The van der Waals surface area contributed by atoms with Crippen LogP contribution in [-0.4, -0.2) is 66.8 Å². The summed E-state index contributed by atoms with van der Waals surface area (Å²) in [6.07, 6.45) is 3.45. The molecule has 2 N–H and O–H groups in total. The number of carbonyl (C=O) groups excluding carboxylic acids is 3. The van der Waals surface area contributed by atoms with Crippen LogP contribution in [0.3, 0.4) is 0 Å². The van der Waals surface area contributed by atoms with Gasteiger partial charge in [0.2, 0.25) is 17.7 Å². The van der Waals surface area contributed by atoms with Crippen LogP contribution in [0.1, 0.15) is 31.2 Å². The van der Waals surface area contributed by atoms with Gasteiger partial charge in [-0.3, -0.25) is 19.3 Å². The highest BCUT2D eigenvalue weighted by molar-refractivity contribution is 5.85. The SMILES string of the molecule is O=C(CN1CCC(C(=O)NCc2ccc(F)cc2)CC1)NCC(=O)N1CCCC1. The van der Waals surface area contributed by atoms with Gasteiger partial charge in [0, 0.05) is 25.6 Å². The Hall–Kier alpha value is -2.48. The third-order valence-electron chi connectivity index (χ3n) is 5.60. The molecule has 2 fully saturated rings. The minimum Gasteiger partial charge on any atom is -0.352 e. The van der Waals surface area contributed by atoms with Gasteiger partial charge in [0.25, 0.3) is 0 Å². The van der Waals surface area contributed by atoms with E-state index in [0.717, 1.165) is 31.5 Å². The molecular formula is C21H29FN4O3. The Kier molecular flexibility index (Phi) is 7.57. The van der Waals surface area contributed by atoms with Crippen LogP contribution in [0.4, 0.5) is 4.39 Å². The molecule has 2 saturated heterocycles. The molecule has 0 aromatic heterocycles. The van der Waals surface area contributed by atoms with Crippen molar-refractivity contribution < 1.29 is 18.8 Å². The first kappa shape index (κ1) is 21.2. The number of hydrogen-bond donors (Lipinski definition) is 2. The molecule has 8 heteroatoms. The highest BCUT2D eigenvalue weighted by Gasteiger charge is 2.26. The van der Waals surface area contributed by atoms with Gasteiger partial charge >= 0.3 is 0 Å². The number of piperidine rings is 1. The number of nitrogens with one attached hydrogen (secondary N) is 2. The summed E-state index contributed by atoms with van der Waals surface area (Å²) in [4.78, 5) is 40.2. The molecule has 3 rings (SSSR count). The molecule has 7 nitrogen and oxygen atoms in total. The fraction of sp³-hybridized carbons (Fsp3) is 0.571. The third kappa shape index (κ3) is 6.52. The van der Waals surface area contributed by atoms with Gasteiger partial charge in [-0.1, -0.05) is 12.1 Å². The Morgan fingerprint density at radius 2 is 1.62 bits per heavy atom. The molecule has 0 bridgehead atoms. The Morgan fingerprint density at radius 1 is 0.966 bits per heavy atom. The fourth-order valence-corrected chi connectivity index (χ4v) is 3.80. The molecule has 3 amide bonds. The predicted octanol–water partition coefficient (Wildman–Crippen LogP) is 0.893. The summed E-state index contributed by atoms with van der Waals surface area (Å²) in [5.41, 5.74) is 0.859. The van der Waals surface area contributed by atoms with Crippen molar-refractivity contribution in [1.29, 1.82) is 0 Å². The van der Waals surface area contributed by atoms with Crippen LogP contribution in [0, 0.1) is 11.7 Å². The summed E-state index contributed by atoms with van der Waals surface area (Å²) in [6, 6.07) is 6.07. The van der Waals surface area contributed by atoms with E-state index in [2.05, 4.69) is 10.6 Å². The first-order valence-electron chi connectivity index (χ1n) is 10.3. The average Bonchev–Trinajstić information content (AvgIpc) is 3.27. The molecule has 29 heavy (non-hydrogen) atoms. The van der Waals surface area contributed by atoms with Crippen LogP contribution >= 0.6 is 0 Å². The first-order chi connectivity index (χ1) is 14.0. The molecule has 2 aliphatic heterocycles. The Balaban J connectivity index is 1.32. The lowest BCUT2D eigenvalue weighted by Crippen LogP contribution is -2.46. The second-order valence-corrected chi connectivity index (χ2v) is 7.76. The van der Waals surface area contributed by atoms with Gasteiger partial charge in [-0.05, 0) is 56.5 Å². The molecule has 1 aromatic rings. The second kappa shape index (κ2) is 10.3. The molecule has 158 valence electrons. The van der Waals surface area contributed by atoms with Crippen molar-refractivity contribution in [2.75, 3.05) is 39.3 Å². The number of likely N-dealkylation sites (tertiary alicyclic amines) is 2. The first-order valence-corrected chi connectivity index (χ1v) is 10.3. The second-order valence-electron chi connectivity index (χ2n) is 7.76. The minimum absolute atomic E-state index is 0.00497. The zero-order chi connectivity index (χ0) is 20.6. The lowest BCUT2D eigenvalue weighted by molar-refractivity contribution is -0.132. The van der Waals surface area contributed by atoms with Gasteiger partial charge in [0.1, 0.15) is 5.82 Å². The average molecular weight is 404 g/mol. The van der Waals surface area contributed by atoms with Gasteiger partial charge in [-0.15, -0.1) is 0 Å². The summed E-state index contributed by atoms with van der Waals surface area (Å²) < 4.78 is 12.9. The minimum atomic E-state index is -0.295. The molecule has 0 aliphatic carbocycles. The highest BCUT2D eigenvalue weighted by Crippen LogP contribution is 2.17. The number of halogens is 1. The largest absolute Gasteiger partial charge is 0.352 e. The molecule has 2 aliphatic rings. The fourth-order valence-electron chi connectivity index (χ4n) is 3.80. The number of benzene rings is 1. The topological polar surface area (TPSA) is 81.8 Å². The number of amides is 3. The van der Waals surface area contributed by atoms with Gasteiger partial charge < -0.3 is 15.5 Å². The highest BCUT2D eigenvalue weighted by atomic mass is 19.1. The summed E-state index contributed by atoms with van der Waals surface area (Å²) in [5, 5.41) is 5.61. The van der Waals surface area contributed by atoms with Crippen molar-refractivity contribution in [3.63, 3.8) is 0 Å². The normalized spacial score (nSPS) is 17.9. The van der Waals surface area contributed by atoms with Gasteiger partial charge in [-0.2, -0.15) is 0 Å². The van der Waals surface area contributed by atoms with E-state index in [1.54, 1.807) is 17.0 Å². The number of carbonyl (C=O) groups is 3. The van der Waals surface area contributed by atoms with Crippen molar-refractivity contribution in [2.24, 2.45) is 5.92 Å². The van der Waals surface area contributed by atoms with Crippen LogP contribution < -0.4 is 10.6 Å². The molecular weight excluding hydrogens is 375 g/mol. The number of rotatable bonds is 7. The maximum absolute atomic E-state index is 12.9. The van der Waals surface area contributed by atoms with Crippen LogP contribution in [0.25, 0.3) is 0 Å². The van der Waals surface area contributed by atoms with Crippen molar-refractivity contribution in [1.82, 2.24) is 20.4 Å². The van der Waals surface area contributed by atoms with Gasteiger partial charge in [0.15, 0.2) is 0 Å². The summed E-state index contributed by atoms with van der Waals surface area (Å²) in [6.45, 7) is 3.59. The van der Waals surface area contributed by atoms with E-state index in [1.807, 2.05) is 4.90 Å². The van der Waals surface area contributed by atoms with E-state index in [4.69, 9.17) is 0 Å². The maximum Gasteiger partial charge on any atom is 0.241 e. The Bertz CT molecular complexity index is 711. The molecule has 1 aromatic carbocycles. The Labute approximate surface area is 170 Å². The van der Waals surface area contributed by atoms with Crippen LogP contribution in [0.5, 0.6) is 0 Å². The number of nitrogens with zero attached hydrogens (tertiary/aromatic N) is 2. The smallest absolute Gasteiger partial charge is 0.241 e. The van der Waals surface area contributed by atoms with Crippen molar-refractivity contribution in [3.8, 4) is 0 Å². The quantitative estimate of drug-likeness (QED) is 0.707. The summed E-state index contributed by atoms with van der Waals surface area (Å²) in [7, 11) is 0. The van der Waals surface area contributed by atoms with Crippen molar-refractivity contribution in [3.05, 3.63) is 35.6 Å². The monoisotopic (exact) mass is 404 g/mol. The van der Waals surface area contributed by atoms with E-state index in [-0.39, 0.29) is 42.5 Å². The molecule has 0 unspecified atom stereocenters. The molecule has 0 radical (unpaired) electrons. The van der Waals surface area contributed by atoms with E-state index in [9.17, 15) is 18.8 Å². The van der Waals surface area contributed by atoms with Crippen LogP contribution in [-0.2, 0) is 20.9 Å². The van der Waals surface area contributed by atoms with Crippen LogP contribution in [0.15, 0.2) is 24.3 Å². The summed E-state index contributed by atoms with van der Waals surface area (Å²) in [5.74, 6) is -0.554. The maximum atomic E-state index is 12.9. The molecule has 0 saturated carbocycles. The lowest BCUT2D eigenvalue weighted by Gasteiger charge is -2.30. The van der Waals surface area contributed by atoms with E-state index < -0.39 is 0 Å². The Morgan fingerprint density at radius 3 is 2.28 bits per heavy atom. The standard InChI is InChI=1S/C21H29FN4O3/c22-18-5-3-16(4-6-18)13-24-21(29)17-7-11-25(12-8-17)15-19(27)23-14-20(28)26-9-1-2-10-26/h3-6,17H,1-2,7-15H2,(H,23,27)(H,24,29). The van der Waals surface area contributed by atoms with Gasteiger partial charge in [-0.25, -0.2) is 4.39 Å². The third-order valence-corrected chi connectivity index (χ3v) is 5.60. The van der Waals surface area contributed by atoms with Crippen molar-refractivity contribution >= 4 is 17.7 Å². The lowest BCUT2D eigenvalue weighted by atomic mass is 9.96. The zero-order valence-corrected chi connectivity index (χ0v) is 16.7. The van der Waals surface area contributed by atoms with E-state index in [0.29, 0.717) is 32.5 Å². The molecule has 0 atom stereocenters. The molecule has 2 heterocycles. The van der Waals surface area contributed by atoms with E-state index >= 15 is 0 Å². The van der Waals surface area contributed by atoms with Gasteiger partial charge in [0.05, 0.1) is 13.1 Å². The predicted molar refractivity (Wildman–Crippen MR) is 106 cm³/mol. The van der Waals surface area contributed by atoms with Crippen molar-refractivity contribution in [2.45, 2.75) is 32.2 Å². The van der Waals surface area contributed by atoms with E-state index in [1.165, 1.54) is 12.1 Å². The van der Waals surface area contributed by atoms with Crippen LogP contribution in [0.2, 0.25) is 0 Å². The molecule has 0 spiro atoms.